The van der Waals surface area contributed by atoms with Crippen molar-refractivity contribution in [1.82, 2.24) is 19.9 Å². The number of benzene rings is 1. The second-order valence-corrected chi connectivity index (χ2v) is 8.05. The average molecular weight is 471 g/mol. The fraction of sp³-hybridized carbons (Fsp3) is 0.391. The molecular weight excluding hydrogens is 444 g/mol. The zero-order valence-corrected chi connectivity index (χ0v) is 19.3. The van der Waals surface area contributed by atoms with Gasteiger partial charge < -0.3 is 24.6 Å². The highest BCUT2D eigenvalue weighted by Gasteiger charge is 2.24. The Labute approximate surface area is 197 Å². The van der Waals surface area contributed by atoms with E-state index in [9.17, 15) is 4.79 Å². The van der Waals surface area contributed by atoms with Crippen LogP contribution in [0.25, 0.3) is 10.9 Å². The fourth-order valence-corrected chi connectivity index (χ4v) is 3.85. The molecule has 1 aliphatic rings. The van der Waals surface area contributed by atoms with Gasteiger partial charge in [0.15, 0.2) is 0 Å². The lowest BCUT2D eigenvalue weighted by atomic mass is 10.2. The molecule has 0 aliphatic carbocycles. The number of rotatable bonds is 8. The summed E-state index contributed by atoms with van der Waals surface area (Å²) in [6.45, 7) is 3.93. The molecule has 0 saturated carbocycles. The summed E-state index contributed by atoms with van der Waals surface area (Å²) in [5.41, 5.74) is 1.78. The van der Waals surface area contributed by atoms with Crippen LogP contribution in [0, 0.1) is 0 Å². The van der Waals surface area contributed by atoms with Crippen LogP contribution in [0.15, 0.2) is 42.7 Å². The minimum atomic E-state index is -0.283. The first-order valence-electron chi connectivity index (χ1n) is 10.9. The maximum Gasteiger partial charge on any atom is 0.409 e. The molecule has 3 heterocycles. The Morgan fingerprint density at radius 1 is 1.12 bits per heavy atom. The zero-order valence-electron chi connectivity index (χ0n) is 18.5. The van der Waals surface area contributed by atoms with Gasteiger partial charge in [0.1, 0.15) is 5.82 Å². The predicted octanol–water partition coefficient (Wildman–Crippen LogP) is 3.59. The predicted molar refractivity (Wildman–Crippen MR) is 128 cm³/mol. The van der Waals surface area contributed by atoms with Crippen molar-refractivity contribution < 1.29 is 14.3 Å². The molecule has 174 valence electrons. The lowest BCUT2D eigenvalue weighted by Crippen LogP contribution is -2.49. The van der Waals surface area contributed by atoms with E-state index in [2.05, 4.69) is 25.2 Å². The smallest absolute Gasteiger partial charge is 0.409 e. The minimum absolute atomic E-state index is 0.283. The van der Waals surface area contributed by atoms with Crippen molar-refractivity contribution in [2.75, 3.05) is 56.7 Å². The molecule has 0 spiro atoms. The molecule has 0 atom stereocenters. The highest BCUT2D eigenvalue weighted by Crippen LogP contribution is 2.25. The van der Waals surface area contributed by atoms with Gasteiger partial charge in [-0.3, -0.25) is 0 Å². The van der Waals surface area contributed by atoms with E-state index in [1.54, 1.807) is 24.4 Å². The monoisotopic (exact) mass is 470 g/mol. The third-order valence-electron chi connectivity index (χ3n) is 5.44. The Morgan fingerprint density at radius 3 is 2.73 bits per heavy atom. The quantitative estimate of drug-likeness (QED) is 0.499. The second-order valence-electron chi connectivity index (χ2n) is 7.64. The first-order valence-corrected chi connectivity index (χ1v) is 11.3. The number of hydrogen-bond acceptors (Lipinski definition) is 8. The van der Waals surface area contributed by atoms with Gasteiger partial charge in [0.25, 0.3) is 0 Å². The number of ether oxygens (including phenoxy) is 2. The van der Waals surface area contributed by atoms with E-state index in [4.69, 9.17) is 21.1 Å². The Morgan fingerprint density at radius 2 is 1.94 bits per heavy atom. The first-order chi connectivity index (χ1) is 16.2. The van der Waals surface area contributed by atoms with E-state index in [0.29, 0.717) is 63.3 Å². The molecule has 0 unspecified atom stereocenters. The van der Waals surface area contributed by atoms with E-state index in [0.717, 1.165) is 22.3 Å². The van der Waals surface area contributed by atoms with E-state index in [1.165, 1.54) is 0 Å². The Balaban J connectivity index is 1.38. The number of anilines is 2. The van der Waals surface area contributed by atoms with Crippen molar-refractivity contribution >= 4 is 40.4 Å². The molecule has 0 bridgehead atoms. The number of halogens is 1. The number of nitrogens with zero attached hydrogens (tertiary/aromatic N) is 5. The highest BCUT2D eigenvalue weighted by atomic mass is 35.5. The standard InChI is InChI=1S/C23H27ClN6O3/c1-32-13-4-14-33-23(31)30-11-9-29(10-12-30)21-18-16-27-22(28-20(18)7-8-25-21)26-15-17-5-2-3-6-19(17)24/h2-3,5-8,16H,4,9-15H2,1H3,(H,26,27,28). The van der Waals surface area contributed by atoms with Gasteiger partial charge in [-0.2, -0.15) is 0 Å². The van der Waals surface area contributed by atoms with Crippen LogP contribution < -0.4 is 10.2 Å². The molecular formula is C23H27ClN6O3. The van der Waals surface area contributed by atoms with Crippen molar-refractivity contribution in [3.8, 4) is 0 Å². The van der Waals surface area contributed by atoms with Crippen LogP contribution in [0.1, 0.15) is 12.0 Å². The van der Waals surface area contributed by atoms with Crippen molar-refractivity contribution in [2.45, 2.75) is 13.0 Å². The number of pyridine rings is 1. The van der Waals surface area contributed by atoms with Gasteiger partial charge in [-0.1, -0.05) is 29.8 Å². The minimum Gasteiger partial charge on any atom is -0.449 e. The van der Waals surface area contributed by atoms with Crippen LogP contribution in [0.5, 0.6) is 0 Å². The Kier molecular flexibility index (Phi) is 7.74. The molecule has 1 aliphatic heterocycles. The van der Waals surface area contributed by atoms with Gasteiger partial charge in [0, 0.05) is 70.3 Å². The second kappa shape index (κ2) is 11.1. The summed E-state index contributed by atoms with van der Waals surface area (Å²) >= 11 is 6.23. The molecule has 1 saturated heterocycles. The van der Waals surface area contributed by atoms with Crippen molar-refractivity contribution in [1.29, 1.82) is 0 Å². The molecule has 1 fully saturated rings. The molecule has 4 rings (SSSR count). The van der Waals surface area contributed by atoms with Gasteiger partial charge in [0.2, 0.25) is 5.95 Å². The highest BCUT2D eigenvalue weighted by molar-refractivity contribution is 6.31. The summed E-state index contributed by atoms with van der Waals surface area (Å²) < 4.78 is 10.3. The Bertz CT molecular complexity index is 1090. The zero-order chi connectivity index (χ0) is 23.0. The van der Waals surface area contributed by atoms with E-state index >= 15 is 0 Å². The molecule has 0 radical (unpaired) electrons. The van der Waals surface area contributed by atoms with Gasteiger partial charge in [-0.05, 0) is 17.7 Å². The van der Waals surface area contributed by atoms with Crippen LogP contribution in [0.2, 0.25) is 5.02 Å². The number of hydrogen-bond donors (Lipinski definition) is 1. The lowest BCUT2D eigenvalue weighted by molar-refractivity contribution is 0.0888. The van der Waals surface area contributed by atoms with Crippen LogP contribution in [0.4, 0.5) is 16.6 Å². The number of amides is 1. The maximum absolute atomic E-state index is 12.2. The average Bonchev–Trinajstić information content (AvgIpc) is 2.85. The molecule has 1 amide bonds. The van der Waals surface area contributed by atoms with Crippen LogP contribution in [-0.2, 0) is 16.0 Å². The summed E-state index contributed by atoms with van der Waals surface area (Å²) in [7, 11) is 1.63. The Hall–Kier alpha value is -3.17. The molecule has 9 nitrogen and oxygen atoms in total. The molecule has 2 aromatic heterocycles. The maximum atomic E-state index is 12.2. The number of piperazine rings is 1. The largest absolute Gasteiger partial charge is 0.449 e. The van der Waals surface area contributed by atoms with Crippen LogP contribution in [-0.4, -0.2) is 72.4 Å². The fourth-order valence-electron chi connectivity index (χ4n) is 3.65. The normalized spacial score (nSPS) is 13.9. The van der Waals surface area contributed by atoms with Gasteiger partial charge in [-0.15, -0.1) is 0 Å². The lowest BCUT2D eigenvalue weighted by Gasteiger charge is -2.35. The molecule has 10 heteroatoms. The number of carbonyl (C=O) groups excluding carboxylic acids is 1. The van der Waals surface area contributed by atoms with E-state index < -0.39 is 0 Å². The molecule has 1 aromatic carbocycles. The summed E-state index contributed by atoms with van der Waals surface area (Å²) in [4.78, 5) is 29.8. The summed E-state index contributed by atoms with van der Waals surface area (Å²) in [6.07, 6.45) is 3.95. The van der Waals surface area contributed by atoms with E-state index in [1.807, 2.05) is 30.3 Å². The number of nitrogens with one attached hydrogen (secondary N) is 1. The van der Waals surface area contributed by atoms with Gasteiger partial charge in [-0.25, -0.2) is 19.7 Å². The van der Waals surface area contributed by atoms with E-state index in [-0.39, 0.29) is 6.09 Å². The summed E-state index contributed by atoms with van der Waals surface area (Å²) in [6, 6.07) is 9.54. The SMILES string of the molecule is COCCCOC(=O)N1CCN(c2nccc3nc(NCc4ccccc4Cl)ncc23)CC1. The summed E-state index contributed by atoms with van der Waals surface area (Å²) in [5.74, 6) is 1.35. The van der Waals surface area contributed by atoms with Crippen LogP contribution >= 0.6 is 11.6 Å². The number of fused-ring (bicyclic) bond motifs is 1. The third kappa shape index (κ3) is 5.80. The number of aromatic nitrogens is 3. The third-order valence-corrected chi connectivity index (χ3v) is 5.81. The number of methoxy groups -OCH3 is 1. The van der Waals surface area contributed by atoms with Gasteiger partial charge >= 0.3 is 6.09 Å². The molecule has 1 N–H and O–H groups in total. The van der Waals surface area contributed by atoms with Crippen molar-refractivity contribution in [2.24, 2.45) is 0 Å². The van der Waals surface area contributed by atoms with Crippen molar-refractivity contribution in [3.63, 3.8) is 0 Å². The van der Waals surface area contributed by atoms with Crippen LogP contribution in [0.3, 0.4) is 0 Å². The first kappa shape index (κ1) is 23.0. The molecule has 33 heavy (non-hydrogen) atoms. The summed E-state index contributed by atoms with van der Waals surface area (Å²) in [5, 5.41) is 4.80. The molecule has 3 aromatic rings. The van der Waals surface area contributed by atoms with Gasteiger partial charge in [0.05, 0.1) is 17.5 Å². The van der Waals surface area contributed by atoms with Crippen molar-refractivity contribution in [3.05, 3.63) is 53.3 Å². The topological polar surface area (TPSA) is 92.7 Å². The number of carbonyl (C=O) groups is 1.